The largest absolute Gasteiger partial charge is 0.398 e. The fraction of sp³-hybridized carbons (Fsp3) is 0. The van der Waals surface area contributed by atoms with Crippen molar-refractivity contribution in [1.29, 1.82) is 0 Å². The summed E-state index contributed by atoms with van der Waals surface area (Å²) in [6.07, 6.45) is 1.49. The van der Waals surface area contributed by atoms with Gasteiger partial charge in [0.2, 0.25) is 0 Å². The van der Waals surface area contributed by atoms with Crippen molar-refractivity contribution < 1.29 is 4.79 Å². The number of carbonyl (C=O) groups excluding carboxylic acids is 1. The Morgan fingerprint density at radius 1 is 1.28 bits per heavy atom. The molecule has 1 amide bonds. The predicted octanol–water partition coefficient (Wildman–Crippen LogP) is 2.84. The lowest BCUT2D eigenvalue weighted by molar-refractivity contribution is 0.102. The highest BCUT2D eigenvalue weighted by atomic mass is 79.9. The molecule has 0 aliphatic rings. The zero-order chi connectivity index (χ0) is 13.1. The van der Waals surface area contributed by atoms with Crippen LogP contribution in [-0.2, 0) is 0 Å². The highest BCUT2D eigenvalue weighted by molar-refractivity contribution is 9.11. The molecule has 0 spiro atoms. The zero-order valence-corrected chi connectivity index (χ0v) is 12.2. The number of rotatable bonds is 2. The molecular formula is C11H8Br2N4O. The Labute approximate surface area is 120 Å². The van der Waals surface area contributed by atoms with Gasteiger partial charge in [-0.3, -0.25) is 4.79 Å². The van der Waals surface area contributed by atoms with Gasteiger partial charge in [0.05, 0.1) is 11.8 Å². The maximum atomic E-state index is 12.0. The van der Waals surface area contributed by atoms with Gasteiger partial charge in [-0.05, 0) is 44.0 Å². The molecule has 1 aromatic carbocycles. The van der Waals surface area contributed by atoms with E-state index in [1.807, 2.05) is 0 Å². The smallest absolute Gasteiger partial charge is 0.258 e. The molecule has 0 aliphatic heterocycles. The van der Waals surface area contributed by atoms with Crippen molar-refractivity contribution in [3.05, 3.63) is 45.2 Å². The fourth-order valence-electron chi connectivity index (χ4n) is 1.31. The lowest BCUT2D eigenvalue weighted by Crippen LogP contribution is -2.15. The number of hydrogen-bond donors (Lipinski definition) is 2. The highest BCUT2D eigenvalue weighted by Crippen LogP contribution is 2.21. The maximum absolute atomic E-state index is 12.0. The summed E-state index contributed by atoms with van der Waals surface area (Å²) in [5, 5.41) is 2.63. The molecule has 0 fully saturated rings. The SMILES string of the molecule is Nc1ccccc1C(=O)Nc1ncc(Br)nc1Br. The minimum Gasteiger partial charge on any atom is -0.398 e. The monoisotopic (exact) mass is 370 g/mol. The van der Waals surface area contributed by atoms with Crippen LogP contribution in [0.15, 0.2) is 39.7 Å². The van der Waals surface area contributed by atoms with E-state index in [0.717, 1.165) is 0 Å². The van der Waals surface area contributed by atoms with E-state index in [0.29, 0.717) is 26.3 Å². The maximum Gasteiger partial charge on any atom is 0.258 e. The third-order valence-corrected chi connectivity index (χ3v) is 3.07. The van der Waals surface area contributed by atoms with Gasteiger partial charge in [-0.15, -0.1) is 0 Å². The van der Waals surface area contributed by atoms with Crippen LogP contribution in [0.25, 0.3) is 0 Å². The number of aromatic nitrogens is 2. The number of para-hydroxylation sites is 1. The summed E-state index contributed by atoms with van der Waals surface area (Å²) in [6, 6.07) is 6.82. The number of carbonyl (C=O) groups is 1. The van der Waals surface area contributed by atoms with Crippen molar-refractivity contribution in [3.63, 3.8) is 0 Å². The van der Waals surface area contributed by atoms with Crippen LogP contribution in [0.5, 0.6) is 0 Å². The number of anilines is 2. The van der Waals surface area contributed by atoms with Crippen LogP contribution >= 0.6 is 31.9 Å². The summed E-state index contributed by atoms with van der Waals surface area (Å²) in [5.41, 5.74) is 6.53. The number of nitrogen functional groups attached to an aromatic ring is 1. The van der Waals surface area contributed by atoms with Crippen LogP contribution in [0, 0.1) is 0 Å². The topological polar surface area (TPSA) is 80.9 Å². The molecule has 1 heterocycles. The summed E-state index contributed by atoms with van der Waals surface area (Å²) in [4.78, 5) is 20.1. The Morgan fingerprint density at radius 3 is 2.67 bits per heavy atom. The number of halogens is 2. The van der Waals surface area contributed by atoms with Gasteiger partial charge in [0.25, 0.3) is 5.91 Å². The van der Waals surface area contributed by atoms with Crippen molar-refractivity contribution >= 4 is 49.3 Å². The molecule has 18 heavy (non-hydrogen) atoms. The highest BCUT2D eigenvalue weighted by Gasteiger charge is 2.12. The summed E-state index contributed by atoms with van der Waals surface area (Å²) in [5.74, 6) is 0.0110. The summed E-state index contributed by atoms with van der Waals surface area (Å²) in [6.45, 7) is 0. The molecule has 0 aliphatic carbocycles. The Hall–Kier alpha value is -1.47. The molecule has 0 saturated carbocycles. The quantitative estimate of drug-likeness (QED) is 0.795. The van der Waals surface area contributed by atoms with Gasteiger partial charge >= 0.3 is 0 Å². The van der Waals surface area contributed by atoms with Crippen LogP contribution in [0.3, 0.4) is 0 Å². The fourth-order valence-corrected chi connectivity index (χ4v) is 2.22. The van der Waals surface area contributed by atoms with E-state index in [-0.39, 0.29) is 5.91 Å². The molecule has 7 heteroatoms. The molecule has 2 rings (SSSR count). The Kier molecular flexibility index (Phi) is 3.93. The van der Waals surface area contributed by atoms with Crippen LogP contribution in [0.1, 0.15) is 10.4 Å². The lowest BCUT2D eigenvalue weighted by atomic mass is 10.2. The van der Waals surface area contributed by atoms with Gasteiger partial charge in [0.1, 0.15) is 9.21 Å². The Morgan fingerprint density at radius 2 is 2.00 bits per heavy atom. The molecule has 0 bridgehead atoms. The normalized spacial score (nSPS) is 10.1. The van der Waals surface area contributed by atoms with Gasteiger partial charge < -0.3 is 11.1 Å². The van der Waals surface area contributed by atoms with Crippen molar-refractivity contribution in [2.24, 2.45) is 0 Å². The third-order valence-electron chi connectivity index (χ3n) is 2.14. The van der Waals surface area contributed by atoms with Crippen molar-refractivity contribution in [2.45, 2.75) is 0 Å². The predicted molar refractivity (Wildman–Crippen MR) is 76.2 cm³/mol. The molecule has 0 saturated heterocycles. The van der Waals surface area contributed by atoms with E-state index in [1.54, 1.807) is 24.3 Å². The van der Waals surface area contributed by atoms with Crippen molar-refractivity contribution in [1.82, 2.24) is 9.97 Å². The van der Waals surface area contributed by atoms with Crippen LogP contribution < -0.4 is 11.1 Å². The first-order chi connectivity index (χ1) is 8.58. The lowest BCUT2D eigenvalue weighted by Gasteiger charge is -2.07. The number of nitrogens with one attached hydrogen (secondary N) is 1. The van der Waals surface area contributed by atoms with E-state index in [1.165, 1.54) is 6.20 Å². The van der Waals surface area contributed by atoms with E-state index in [4.69, 9.17) is 5.73 Å². The molecule has 0 unspecified atom stereocenters. The average molecular weight is 372 g/mol. The first-order valence-electron chi connectivity index (χ1n) is 4.92. The molecule has 92 valence electrons. The number of hydrogen-bond acceptors (Lipinski definition) is 4. The molecule has 0 radical (unpaired) electrons. The van der Waals surface area contributed by atoms with E-state index < -0.39 is 0 Å². The van der Waals surface area contributed by atoms with Crippen molar-refractivity contribution in [2.75, 3.05) is 11.1 Å². The van der Waals surface area contributed by atoms with Crippen LogP contribution in [-0.4, -0.2) is 15.9 Å². The Balaban J connectivity index is 2.24. The summed E-state index contributed by atoms with van der Waals surface area (Å²) < 4.78 is 1.02. The Bertz CT molecular complexity index is 603. The summed E-state index contributed by atoms with van der Waals surface area (Å²) in [7, 11) is 0. The molecule has 1 aromatic heterocycles. The molecule has 3 N–H and O–H groups in total. The summed E-state index contributed by atoms with van der Waals surface area (Å²) >= 11 is 6.40. The second kappa shape index (κ2) is 5.45. The number of amides is 1. The van der Waals surface area contributed by atoms with Gasteiger partial charge in [0, 0.05) is 5.69 Å². The molecule has 5 nitrogen and oxygen atoms in total. The average Bonchev–Trinajstić information content (AvgIpc) is 2.33. The minimum absolute atomic E-state index is 0.328. The minimum atomic E-state index is -0.328. The zero-order valence-electron chi connectivity index (χ0n) is 9.02. The van der Waals surface area contributed by atoms with Gasteiger partial charge in [-0.25, -0.2) is 9.97 Å². The second-order valence-corrected chi connectivity index (χ2v) is 4.94. The second-order valence-electron chi connectivity index (χ2n) is 3.37. The van der Waals surface area contributed by atoms with Gasteiger partial charge in [-0.1, -0.05) is 12.1 Å². The molecular weight excluding hydrogens is 364 g/mol. The van der Waals surface area contributed by atoms with E-state index in [9.17, 15) is 4.79 Å². The first-order valence-corrected chi connectivity index (χ1v) is 6.50. The number of nitrogens with zero attached hydrogens (tertiary/aromatic N) is 2. The third kappa shape index (κ3) is 2.85. The van der Waals surface area contributed by atoms with Gasteiger partial charge in [0.15, 0.2) is 5.82 Å². The van der Waals surface area contributed by atoms with E-state index in [2.05, 4.69) is 47.1 Å². The molecule has 0 atom stereocenters. The number of benzene rings is 1. The van der Waals surface area contributed by atoms with Gasteiger partial charge in [-0.2, -0.15) is 0 Å². The molecule has 2 aromatic rings. The van der Waals surface area contributed by atoms with E-state index >= 15 is 0 Å². The van der Waals surface area contributed by atoms with Crippen molar-refractivity contribution in [3.8, 4) is 0 Å². The first kappa shape index (κ1) is 13.0. The van der Waals surface area contributed by atoms with Crippen LogP contribution in [0.4, 0.5) is 11.5 Å². The van der Waals surface area contributed by atoms with Crippen LogP contribution in [0.2, 0.25) is 0 Å². The standard InChI is InChI=1S/C11H8Br2N4O/c12-8-5-15-10(9(13)16-8)17-11(18)6-3-1-2-4-7(6)14/h1-5H,14H2,(H,15,17,18). The number of nitrogens with two attached hydrogens (primary N) is 1.